The van der Waals surface area contributed by atoms with Crippen molar-refractivity contribution in [3.63, 3.8) is 0 Å². The highest BCUT2D eigenvalue weighted by atomic mass is 35.5. The maximum atomic E-state index is 13.4. The summed E-state index contributed by atoms with van der Waals surface area (Å²) in [5.41, 5.74) is 2.21. The normalized spacial score (nSPS) is 10.7. The summed E-state index contributed by atoms with van der Waals surface area (Å²) in [5, 5.41) is 3.69. The Balaban J connectivity index is 1.42. The van der Waals surface area contributed by atoms with Gasteiger partial charge in [0.25, 0.3) is 0 Å². The Morgan fingerprint density at radius 1 is 1.22 bits per heavy atom. The van der Waals surface area contributed by atoms with Crippen LogP contribution in [-0.4, -0.2) is 47.6 Å². The molecule has 0 unspecified atom stereocenters. The summed E-state index contributed by atoms with van der Waals surface area (Å²) in [4.78, 5) is 22.9. The quantitative estimate of drug-likeness (QED) is 0.218. The predicted molar refractivity (Wildman–Crippen MR) is 144 cm³/mol. The fraction of sp³-hybridized carbons (Fsp3) is 0.222. The summed E-state index contributed by atoms with van der Waals surface area (Å²) >= 11 is 7.90. The Kier molecular flexibility index (Phi) is 8.90. The molecule has 0 saturated heterocycles. The van der Waals surface area contributed by atoms with Crippen LogP contribution in [0.4, 0.5) is 15.9 Å². The van der Waals surface area contributed by atoms with Crippen LogP contribution in [0.25, 0.3) is 10.2 Å². The SMILES string of the molecule is CCOC(=O)CN(C)CC#Cc1cc2ncnc(Nc3ccc(OCc4cccc(F)c4)c(Cl)c3)c2s1. The molecule has 0 spiro atoms. The summed E-state index contributed by atoms with van der Waals surface area (Å²) in [5.74, 6) is 6.74. The number of thiophene rings is 1. The lowest BCUT2D eigenvalue weighted by atomic mass is 10.2. The van der Waals surface area contributed by atoms with Crippen LogP contribution in [0.2, 0.25) is 5.02 Å². The molecule has 0 aliphatic carbocycles. The van der Waals surface area contributed by atoms with E-state index in [2.05, 4.69) is 27.1 Å². The maximum Gasteiger partial charge on any atom is 0.320 e. The number of nitrogens with one attached hydrogen (secondary N) is 1. The average Bonchev–Trinajstić information content (AvgIpc) is 3.28. The van der Waals surface area contributed by atoms with Gasteiger partial charge < -0.3 is 14.8 Å². The molecule has 37 heavy (non-hydrogen) atoms. The van der Waals surface area contributed by atoms with Crippen LogP contribution in [0.5, 0.6) is 5.75 Å². The Hall–Kier alpha value is -3.71. The standard InChI is InChI=1S/C27H24ClFN4O3S/c1-3-35-25(34)15-33(2)11-5-8-21-14-23-26(37-21)27(31-17-30-23)32-20-9-10-24(22(28)13-20)36-16-18-6-4-7-19(29)12-18/h4,6-7,9-10,12-14,17H,3,11,15-16H2,1-2H3,(H,30,31,32). The number of carbonyl (C=O) groups is 1. The van der Waals surface area contributed by atoms with Gasteiger partial charge in [-0.3, -0.25) is 9.69 Å². The second kappa shape index (κ2) is 12.5. The summed E-state index contributed by atoms with van der Waals surface area (Å²) in [6.07, 6.45) is 1.49. The molecular formula is C27H24ClFN4O3S. The molecule has 2 heterocycles. The van der Waals surface area contributed by atoms with Gasteiger partial charge in [0.1, 0.15) is 24.5 Å². The Morgan fingerprint density at radius 3 is 2.86 bits per heavy atom. The molecule has 2 aromatic carbocycles. The van der Waals surface area contributed by atoms with Gasteiger partial charge in [-0.15, -0.1) is 11.3 Å². The van der Waals surface area contributed by atoms with Gasteiger partial charge in [-0.1, -0.05) is 35.6 Å². The molecule has 190 valence electrons. The zero-order chi connectivity index (χ0) is 26.2. The van der Waals surface area contributed by atoms with Crippen molar-refractivity contribution in [1.82, 2.24) is 14.9 Å². The van der Waals surface area contributed by atoms with E-state index in [1.165, 1.54) is 29.8 Å². The zero-order valence-electron chi connectivity index (χ0n) is 20.3. The van der Waals surface area contributed by atoms with E-state index in [4.69, 9.17) is 21.1 Å². The zero-order valence-corrected chi connectivity index (χ0v) is 21.8. The summed E-state index contributed by atoms with van der Waals surface area (Å²) in [7, 11) is 1.81. The number of fused-ring (bicyclic) bond motifs is 1. The summed E-state index contributed by atoms with van der Waals surface area (Å²) < 4.78 is 24.9. The Bertz CT molecular complexity index is 1470. The second-order valence-corrected chi connectivity index (χ2v) is 9.47. The summed E-state index contributed by atoms with van der Waals surface area (Å²) in [6.45, 7) is 2.95. The van der Waals surface area contributed by atoms with Crippen molar-refractivity contribution in [2.45, 2.75) is 13.5 Å². The van der Waals surface area contributed by atoms with Crippen LogP contribution in [0.1, 0.15) is 17.4 Å². The van der Waals surface area contributed by atoms with Crippen LogP contribution in [0, 0.1) is 17.7 Å². The fourth-order valence-electron chi connectivity index (χ4n) is 3.37. The largest absolute Gasteiger partial charge is 0.487 e. The van der Waals surface area contributed by atoms with Crippen LogP contribution in [0.15, 0.2) is 54.9 Å². The van der Waals surface area contributed by atoms with Gasteiger partial charge in [0.15, 0.2) is 5.82 Å². The molecule has 1 N–H and O–H groups in total. The van der Waals surface area contributed by atoms with Crippen LogP contribution in [0.3, 0.4) is 0 Å². The highest BCUT2D eigenvalue weighted by Gasteiger charge is 2.11. The number of esters is 1. The molecule has 0 bridgehead atoms. The highest BCUT2D eigenvalue weighted by Crippen LogP contribution is 2.33. The van der Waals surface area contributed by atoms with E-state index < -0.39 is 0 Å². The number of rotatable bonds is 9. The first kappa shape index (κ1) is 26.4. The number of ether oxygens (including phenoxy) is 2. The third-order valence-corrected chi connectivity index (χ3v) is 6.40. The highest BCUT2D eigenvalue weighted by molar-refractivity contribution is 7.20. The average molecular weight is 539 g/mol. The van der Waals surface area contributed by atoms with Crippen molar-refractivity contribution in [2.75, 3.05) is 32.1 Å². The number of hydrogen-bond acceptors (Lipinski definition) is 8. The van der Waals surface area contributed by atoms with Crippen molar-refractivity contribution in [3.05, 3.63) is 76.1 Å². The first-order valence-corrected chi connectivity index (χ1v) is 12.6. The minimum Gasteiger partial charge on any atom is -0.487 e. The van der Waals surface area contributed by atoms with E-state index in [-0.39, 0.29) is 24.9 Å². The van der Waals surface area contributed by atoms with Crippen molar-refractivity contribution >= 4 is 50.6 Å². The third-order valence-electron chi connectivity index (χ3n) is 5.05. The third kappa shape index (κ3) is 7.40. The molecule has 0 amide bonds. The van der Waals surface area contributed by atoms with E-state index in [0.29, 0.717) is 35.3 Å². The number of anilines is 2. The number of benzene rings is 2. The van der Waals surface area contributed by atoms with Crippen molar-refractivity contribution in [2.24, 2.45) is 0 Å². The Labute approximate surface area is 223 Å². The first-order valence-electron chi connectivity index (χ1n) is 11.4. The van der Waals surface area contributed by atoms with Gasteiger partial charge in [0, 0.05) is 5.69 Å². The van der Waals surface area contributed by atoms with Gasteiger partial charge in [-0.05, 0) is 55.9 Å². The van der Waals surface area contributed by atoms with Gasteiger partial charge in [0.2, 0.25) is 0 Å². The van der Waals surface area contributed by atoms with Gasteiger partial charge in [0.05, 0.1) is 39.8 Å². The molecule has 4 rings (SSSR count). The van der Waals surface area contributed by atoms with Crippen molar-refractivity contribution in [3.8, 4) is 17.6 Å². The van der Waals surface area contributed by atoms with Crippen LogP contribution < -0.4 is 10.1 Å². The van der Waals surface area contributed by atoms with E-state index >= 15 is 0 Å². The molecular weight excluding hydrogens is 515 g/mol. The second-order valence-electron chi connectivity index (χ2n) is 8.02. The van der Waals surface area contributed by atoms with Crippen LogP contribution >= 0.6 is 22.9 Å². The molecule has 10 heteroatoms. The molecule has 0 saturated carbocycles. The molecule has 0 aliphatic rings. The number of hydrogen-bond donors (Lipinski definition) is 1. The number of carbonyl (C=O) groups excluding carboxylic acids is 1. The lowest BCUT2D eigenvalue weighted by molar-refractivity contribution is -0.143. The van der Waals surface area contributed by atoms with E-state index in [1.54, 1.807) is 36.1 Å². The monoisotopic (exact) mass is 538 g/mol. The van der Waals surface area contributed by atoms with Gasteiger partial charge in [-0.2, -0.15) is 0 Å². The molecule has 2 aromatic heterocycles. The predicted octanol–water partition coefficient (Wildman–Crippen LogP) is 5.65. The molecule has 0 fully saturated rings. The smallest absolute Gasteiger partial charge is 0.320 e. The molecule has 0 radical (unpaired) electrons. The fourth-order valence-corrected chi connectivity index (χ4v) is 4.54. The van der Waals surface area contributed by atoms with E-state index in [9.17, 15) is 9.18 Å². The van der Waals surface area contributed by atoms with Gasteiger partial charge in [-0.25, -0.2) is 14.4 Å². The molecule has 7 nitrogen and oxygen atoms in total. The number of likely N-dealkylation sites (N-methyl/N-ethyl adjacent to an activating group) is 1. The lowest BCUT2D eigenvalue weighted by Gasteiger charge is -2.11. The van der Waals surface area contributed by atoms with Crippen LogP contribution in [-0.2, 0) is 16.1 Å². The maximum absolute atomic E-state index is 13.4. The van der Waals surface area contributed by atoms with E-state index in [0.717, 1.165) is 20.8 Å². The summed E-state index contributed by atoms with van der Waals surface area (Å²) in [6, 6.07) is 13.5. The molecule has 0 aliphatic heterocycles. The van der Waals surface area contributed by atoms with Crippen molar-refractivity contribution in [1.29, 1.82) is 0 Å². The topological polar surface area (TPSA) is 76.6 Å². The number of halogens is 2. The minimum atomic E-state index is -0.313. The van der Waals surface area contributed by atoms with E-state index in [1.807, 2.05) is 19.2 Å². The first-order chi connectivity index (χ1) is 17.9. The molecule has 0 atom stereocenters. The van der Waals surface area contributed by atoms with Gasteiger partial charge >= 0.3 is 5.97 Å². The Morgan fingerprint density at radius 2 is 2.08 bits per heavy atom. The number of aromatic nitrogens is 2. The van der Waals surface area contributed by atoms with Crippen molar-refractivity contribution < 1.29 is 18.7 Å². The molecule has 4 aromatic rings. The number of nitrogens with zero attached hydrogens (tertiary/aromatic N) is 3. The minimum absolute atomic E-state index is 0.186. The lowest BCUT2D eigenvalue weighted by Crippen LogP contribution is -2.27.